The van der Waals surface area contributed by atoms with Crippen LogP contribution in [0.5, 0.6) is 0 Å². The minimum Gasteiger partial charge on any atom is -0.387 e. The Balaban J connectivity index is 0.00000243. The van der Waals surface area contributed by atoms with Gasteiger partial charge in [0.15, 0.2) is 5.96 Å². The molecule has 1 aromatic carbocycles. The average Bonchev–Trinajstić information content (AvgIpc) is 3.27. The third kappa shape index (κ3) is 6.49. The molecule has 2 saturated heterocycles. The molecule has 1 aromatic rings. The quantitative estimate of drug-likeness (QED) is 0.267. The standard InChI is InChI=1S/C19H29N3OS2.HI/c1-2-20-18(21-14-19(23)9-11-24-15-19)22-10-8-16(12-22)13-25-17-6-4-3-5-7-17;/h3-7,16,23H,2,8-15H2,1H3,(H,20,21);1H. The molecule has 2 heterocycles. The minimum absolute atomic E-state index is 0. The van der Waals surface area contributed by atoms with Gasteiger partial charge in [-0.25, -0.2) is 0 Å². The maximum atomic E-state index is 10.5. The van der Waals surface area contributed by atoms with Crippen LogP contribution in [0.4, 0.5) is 0 Å². The molecule has 2 atom stereocenters. The number of guanidine groups is 1. The second-order valence-corrected chi connectivity index (χ2v) is 9.12. The van der Waals surface area contributed by atoms with Crippen LogP contribution in [-0.2, 0) is 0 Å². The Labute approximate surface area is 183 Å². The van der Waals surface area contributed by atoms with Crippen molar-refractivity contribution in [3.05, 3.63) is 30.3 Å². The molecule has 7 heteroatoms. The number of thioether (sulfide) groups is 2. The average molecular weight is 508 g/mol. The van der Waals surface area contributed by atoms with Gasteiger partial charge in [0.25, 0.3) is 0 Å². The number of likely N-dealkylation sites (tertiary alicyclic amines) is 1. The van der Waals surface area contributed by atoms with Gasteiger partial charge in [0, 0.05) is 36.0 Å². The van der Waals surface area contributed by atoms with Gasteiger partial charge in [-0.3, -0.25) is 4.99 Å². The van der Waals surface area contributed by atoms with Crippen molar-refractivity contribution in [3.63, 3.8) is 0 Å². The van der Waals surface area contributed by atoms with Crippen molar-refractivity contribution in [1.29, 1.82) is 0 Å². The van der Waals surface area contributed by atoms with Crippen molar-refractivity contribution in [2.45, 2.75) is 30.3 Å². The molecule has 0 aliphatic carbocycles. The van der Waals surface area contributed by atoms with E-state index in [0.717, 1.165) is 49.3 Å². The van der Waals surface area contributed by atoms with Crippen molar-refractivity contribution in [2.24, 2.45) is 10.9 Å². The monoisotopic (exact) mass is 507 g/mol. The minimum atomic E-state index is -0.604. The van der Waals surface area contributed by atoms with Crippen molar-refractivity contribution >= 4 is 53.5 Å². The number of nitrogens with zero attached hydrogens (tertiary/aromatic N) is 2. The molecule has 0 saturated carbocycles. The molecule has 0 spiro atoms. The lowest BCUT2D eigenvalue weighted by Gasteiger charge is -2.24. The fourth-order valence-electron chi connectivity index (χ4n) is 3.26. The summed E-state index contributed by atoms with van der Waals surface area (Å²) < 4.78 is 0. The van der Waals surface area contributed by atoms with Gasteiger partial charge in [0.2, 0.25) is 0 Å². The maximum absolute atomic E-state index is 10.5. The third-order valence-electron chi connectivity index (χ3n) is 4.75. The Hall–Kier alpha value is -0.120. The molecule has 0 radical (unpaired) electrons. The number of benzene rings is 1. The summed E-state index contributed by atoms with van der Waals surface area (Å²) >= 11 is 3.78. The lowest BCUT2D eigenvalue weighted by molar-refractivity contribution is 0.0776. The van der Waals surface area contributed by atoms with Gasteiger partial charge in [-0.05, 0) is 43.6 Å². The molecular formula is C19H30IN3OS2. The lowest BCUT2D eigenvalue weighted by atomic mass is 10.1. The highest BCUT2D eigenvalue weighted by atomic mass is 127. The number of aliphatic hydroxyl groups is 1. The van der Waals surface area contributed by atoms with E-state index in [1.807, 2.05) is 23.5 Å². The number of rotatable bonds is 6. The van der Waals surface area contributed by atoms with E-state index in [1.54, 1.807) is 0 Å². The third-order valence-corrected chi connectivity index (χ3v) is 7.23. The van der Waals surface area contributed by atoms with Crippen LogP contribution in [0.2, 0.25) is 0 Å². The number of halogens is 1. The largest absolute Gasteiger partial charge is 0.387 e. The fraction of sp³-hybridized carbons (Fsp3) is 0.632. The molecule has 2 aliphatic rings. The van der Waals surface area contributed by atoms with E-state index < -0.39 is 5.60 Å². The molecule has 2 unspecified atom stereocenters. The van der Waals surface area contributed by atoms with Gasteiger partial charge in [-0.15, -0.1) is 35.7 Å². The summed E-state index contributed by atoms with van der Waals surface area (Å²) in [6, 6.07) is 10.6. The van der Waals surface area contributed by atoms with Gasteiger partial charge in [0.05, 0.1) is 12.1 Å². The molecule has 0 amide bonds. The topological polar surface area (TPSA) is 47.9 Å². The van der Waals surface area contributed by atoms with Crippen LogP contribution in [0, 0.1) is 5.92 Å². The first-order chi connectivity index (χ1) is 12.2. The molecule has 0 aromatic heterocycles. The van der Waals surface area contributed by atoms with E-state index in [4.69, 9.17) is 4.99 Å². The zero-order valence-electron chi connectivity index (χ0n) is 15.4. The second-order valence-electron chi connectivity index (χ2n) is 6.92. The Morgan fingerprint density at radius 1 is 1.42 bits per heavy atom. The van der Waals surface area contributed by atoms with E-state index in [0.29, 0.717) is 12.5 Å². The summed E-state index contributed by atoms with van der Waals surface area (Å²) in [5.74, 6) is 4.68. The Morgan fingerprint density at radius 2 is 2.23 bits per heavy atom. The van der Waals surface area contributed by atoms with Crippen LogP contribution < -0.4 is 5.32 Å². The molecule has 26 heavy (non-hydrogen) atoms. The molecule has 2 fully saturated rings. The first-order valence-corrected chi connectivity index (χ1v) is 11.3. The molecule has 2 N–H and O–H groups in total. The van der Waals surface area contributed by atoms with Crippen LogP contribution in [0.1, 0.15) is 19.8 Å². The predicted octanol–water partition coefficient (Wildman–Crippen LogP) is 3.55. The second kappa shape index (κ2) is 11.0. The molecule has 4 nitrogen and oxygen atoms in total. The van der Waals surface area contributed by atoms with E-state index >= 15 is 0 Å². The summed E-state index contributed by atoms with van der Waals surface area (Å²) in [7, 11) is 0. The van der Waals surface area contributed by atoms with Gasteiger partial charge >= 0.3 is 0 Å². The van der Waals surface area contributed by atoms with Crippen LogP contribution in [0.25, 0.3) is 0 Å². The summed E-state index contributed by atoms with van der Waals surface area (Å²) in [5.41, 5.74) is -0.604. The van der Waals surface area contributed by atoms with Gasteiger partial charge < -0.3 is 15.3 Å². The molecule has 146 valence electrons. The van der Waals surface area contributed by atoms with E-state index in [2.05, 4.69) is 47.5 Å². The summed E-state index contributed by atoms with van der Waals surface area (Å²) in [6.07, 6.45) is 2.07. The highest BCUT2D eigenvalue weighted by molar-refractivity contribution is 14.0. The summed E-state index contributed by atoms with van der Waals surface area (Å²) in [6.45, 7) is 5.60. The predicted molar refractivity (Wildman–Crippen MR) is 125 cm³/mol. The van der Waals surface area contributed by atoms with Crippen molar-refractivity contribution in [3.8, 4) is 0 Å². The van der Waals surface area contributed by atoms with Crippen LogP contribution in [-0.4, -0.2) is 65.0 Å². The van der Waals surface area contributed by atoms with Crippen molar-refractivity contribution < 1.29 is 5.11 Å². The van der Waals surface area contributed by atoms with Crippen LogP contribution >= 0.6 is 47.5 Å². The highest BCUT2D eigenvalue weighted by Crippen LogP contribution is 2.29. The van der Waals surface area contributed by atoms with Gasteiger partial charge in [0.1, 0.15) is 0 Å². The van der Waals surface area contributed by atoms with Gasteiger partial charge in [-0.2, -0.15) is 11.8 Å². The number of aliphatic imine (C=N–C) groups is 1. The fourth-order valence-corrected chi connectivity index (χ4v) is 5.59. The zero-order valence-corrected chi connectivity index (χ0v) is 19.4. The van der Waals surface area contributed by atoms with Crippen molar-refractivity contribution in [1.82, 2.24) is 10.2 Å². The first kappa shape index (κ1) is 22.2. The maximum Gasteiger partial charge on any atom is 0.194 e. The Morgan fingerprint density at radius 3 is 2.92 bits per heavy atom. The van der Waals surface area contributed by atoms with E-state index in [1.165, 1.54) is 11.3 Å². The molecular weight excluding hydrogens is 477 g/mol. The summed E-state index contributed by atoms with van der Waals surface area (Å²) in [4.78, 5) is 8.48. The van der Waals surface area contributed by atoms with Crippen LogP contribution in [0.15, 0.2) is 40.2 Å². The highest BCUT2D eigenvalue weighted by Gasteiger charge is 2.32. The zero-order chi connectivity index (χ0) is 17.5. The Kier molecular flexibility index (Phi) is 9.40. The van der Waals surface area contributed by atoms with E-state index in [9.17, 15) is 5.11 Å². The van der Waals surface area contributed by atoms with Crippen LogP contribution in [0.3, 0.4) is 0 Å². The molecule has 0 bridgehead atoms. The van der Waals surface area contributed by atoms with E-state index in [-0.39, 0.29) is 24.0 Å². The number of nitrogens with one attached hydrogen (secondary N) is 1. The normalized spacial score (nSPS) is 26.0. The number of hydrogen-bond acceptors (Lipinski definition) is 4. The Bertz CT molecular complexity index is 567. The summed E-state index contributed by atoms with van der Waals surface area (Å²) in [5, 5.41) is 13.9. The first-order valence-electron chi connectivity index (χ1n) is 9.20. The van der Waals surface area contributed by atoms with Gasteiger partial charge in [-0.1, -0.05) is 18.2 Å². The van der Waals surface area contributed by atoms with Crippen molar-refractivity contribution in [2.75, 3.05) is 43.4 Å². The number of hydrogen-bond donors (Lipinski definition) is 2. The SMILES string of the molecule is CCNC(=NCC1(O)CCSC1)N1CCC(CSc2ccccc2)C1.I. The smallest absolute Gasteiger partial charge is 0.194 e. The molecule has 3 rings (SSSR count). The lowest BCUT2D eigenvalue weighted by Crippen LogP contribution is -2.42. The molecule has 2 aliphatic heterocycles.